The van der Waals surface area contributed by atoms with Crippen molar-refractivity contribution in [3.8, 4) is 17.6 Å². The van der Waals surface area contributed by atoms with Gasteiger partial charge in [-0.05, 0) is 39.0 Å². The number of aromatic nitrogens is 2. The number of hydrogen-bond acceptors (Lipinski definition) is 4. The Morgan fingerprint density at radius 3 is 2.30 bits per heavy atom. The van der Waals surface area contributed by atoms with E-state index in [1.807, 2.05) is 24.3 Å². The van der Waals surface area contributed by atoms with Gasteiger partial charge in [0.05, 0.1) is 17.8 Å². The van der Waals surface area contributed by atoms with Crippen molar-refractivity contribution < 1.29 is 9.47 Å². The molecule has 0 N–H and O–H groups in total. The third kappa shape index (κ3) is 3.48. The monoisotopic (exact) mass is 336 g/mol. The molecule has 0 aliphatic heterocycles. The van der Waals surface area contributed by atoms with Gasteiger partial charge in [-0.3, -0.25) is 0 Å². The highest BCUT2D eigenvalue weighted by atomic mass is 79.9. The molecule has 0 fully saturated rings. The maximum Gasteiger partial charge on any atom is 0.325 e. The number of benzene rings is 1. The molecule has 0 atom stereocenters. The minimum absolute atomic E-state index is 0.121. The van der Waals surface area contributed by atoms with Gasteiger partial charge >= 0.3 is 6.01 Å². The molecule has 0 amide bonds. The normalized spacial score (nSPS) is 11.2. The Hall–Kier alpha value is -1.62. The zero-order valence-corrected chi connectivity index (χ0v) is 13.6. The number of halogens is 1. The van der Waals surface area contributed by atoms with E-state index in [2.05, 4.69) is 46.7 Å². The molecule has 106 valence electrons. The van der Waals surface area contributed by atoms with Crippen LogP contribution in [0.3, 0.4) is 0 Å². The van der Waals surface area contributed by atoms with E-state index in [0.717, 1.165) is 0 Å². The Morgan fingerprint density at radius 2 is 1.75 bits per heavy atom. The molecule has 0 radical (unpaired) electrons. The standard InChI is InChI=1S/C15H17BrN2O2/c1-15(2,3)10-5-7-11(8-6-10)20-14-17-9-12(16)13(18-14)19-4/h5-9H,1-4H3. The summed E-state index contributed by atoms with van der Waals surface area (Å²) in [5, 5.41) is 0. The van der Waals surface area contributed by atoms with Gasteiger partial charge in [0.2, 0.25) is 5.88 Å². The molecule has 4 nitrogen and oxygen atoms in total. The molecule has 1 aromatic carbocycles. The molecule has 0 bridgehead atoms. The zero-order chi connectivity index (χ0) is 14.8. The predicted octanol–water partition coefficient (Wildman–Crippen LogP) is 4.34. The first-order chi connectivity index (χ1) is 9.40. The maximum absolute atomic E-state index is 5.62. The van der Waals surface area contributed by atoms with E-state index >= 15 is 0 Å². The molecule has 0 aliphatic carbocycles. The lowest BCUT2D eigenvalue weighted by Gasteiger charge is -2.19. The highest BCUT2D eigenvalue weighted by molar-refractivity contribution is 9.10. The largest absolute Gasteiger partial charge is 0.480 e. The van der Waals surface area contributed by atoms with Crippen molar-refractivity contribution in [1.82, 2.24) is 9.97 Å². The summed E-state index contributed by atoms with van der Waals surface area (Å²) in [4.78, 5) is 8.25. The first-order valence-electron chi connectivity index (χ1n) is 6.25. The number of methoxy groups -OCH3 is 1. The van der Waals surface area contributed by atoms with Gasteiger partial charge in [-0.1, -0.05) is 32.9 Å². The van der Waals surface area contributed by atoms with E-state index in [9.17, 15) is 0 Å². The van der Waals surface area contributed by atoms with Crippen molar-refractivity contribution in [2.24, 2.45) is 0 Å². The molecule has 20 heavy (non-hydrogen) atoms. The van der Waals surface area contributed by atoms with E-state index < -0.39 is 0 Å². The molecule has 2 aromatic rings. The van der Waals surface area contributed by atoms with Crippen molar-refractivity contribution in [3.63, 3.8) is 0 Å². The minimum Gasteiger partial charge on any atom is -0.480 e. The molecule has 2 rings (SSSR count). The van der Waals surface area contributed by atoms with Crippen molar-refractivity contribution in [3.05, 3.63) is 40.5 Å². The van der Waals surface area contributed by atoms with Gasteiger partial charge in [0.1, 0.15) is 5.75 Å². The molecular formula is C15H17BrN2O2. The average molecular weight is 337 g/mol. The molecule has 0 saturated carbocycles. The van der Waals surface area contributed by atoms with Gasteiger partial charge in [0.15, 0.2) is 0 Å². The van der Waals surface area contributed by atoms with Crippen LogP contribution in [0.15, 0.2) is 34.9 Å². The molecule has 1 aromatic heterocycles. The topological polar surface area (TPSA) is 44.2 Å². The van der Waals surface area contributed by atoms with Crippen LogP contribution in [-0.2, 0) is 5.41 Å². The van der Waals surface area contributed by atoms with E-state index in [1.54, 1.807) is 13.3 Å². The highest BCUT2D eigenvalue weighted by Crippen LogP contribution is 2.28. The molecule has 5 heteroatoms. The van der Waals surface area contributed by atoms with Crippen LogP contribution >= 0.6 is 15.9 Å². The van der Waals surface area contributed by atoms with Crippen molar-refractivity contribution in [1.29, 1.82) is 0 Å². The van der Waals surface area contributed by atoms with Crippen LogP contribution in [-0.4, -0.2) is 17.1 Å². The second-order valence-corrected chi connectivity index (χ2v) is 6.24. The van der Waals surface area contributed by atoms with Crippen LogP contribution in [0.5, 0.6) is 17.6 Å². The fraction of sp³-hybridized carbons (Fsp3) is 0.333. The van der Waals surface area contributed by atoms with Crippen LogP contribution in [0.25, 0.3) is 0 Å². The van der Waals surface area contributed by atoms with Crippen molar-refractivity contribution in [2.45, 2.75) is 26.2 Å². The van der Waals surface area contributed by atoms with Gasteiger partial charge in [0.25, 0.3) is 0 Å². The molecule has 0 unspecified atom stereocenters. The zero-order valence-electron chi connectivity index (χ0n) is 12.0. The maximum atomic E-state index is 5.62. The van der Waals surface area contributed by atoms with Crippen LogP contribution in [0.2, 0.25) is 0 Å². The summed E-state index contributed by atoms with van der Waals surface area (Å²) in [7, 11) is 1.55. The van der Waals surface area contributed by atoms with Gasteiger partial charge in [-0.15, -0.1) is 0 Å². The summed E-state index contributed by atoms with van der Waals surface area (Å²) in [6.07, 6.45) is 1.60. The Morgan fingerprint density at radius 1 is 1.10 bits per heavy atom. The van der Waals surface area contributed by atoms with E-state index in [0.29, 0.717) is 16.1 Å². The Labute approximate surface area is 127 Å². The summed E-state index contributed by atoms with van der Waals surface area (Å²) < 4.78 is 11.4. The third-order valence-electron chi connectivity index (χ3n) is 2.81. The lowest BCUT2D eigenvalue weighted by Crippen LogP contribution is -2.10. The third-order valence-corrected chi connectivity index (χ3v) is 3.36. The SMILES string of the molecule is COc1nc(Oc2ccc(C(C)(C)C)cc2)ncc1Br. The summed E-state index contributed by atoms with van der Waals surface area (Å²) in [5.41, 5.74) is 1.37. The summed E-state index contributed by atoms with van der Waals surface area (Å²) in [5.74, 6) is 1.14. The lowest BCUT2D eigenvalue weighted by molar-refractivity contribution is 0.373. The predicted molar refractivity (Wildman–Crippen MR) is 81.5 cm³/mol. The van der Waals surface area contributed by atoms with Crippen molar-refractivity contribution in [2.75, 3.05) is 7.11 Å². The average Bonchev–Trinajstić information content (AvgIpc) is 2.40. The smallest absolute Gasteiger partial charge is 0.325 e. The molecular weight excluding hydrogens is 320 g/mol. The van der Waals surface area contributed by atoms with Gasteiger partial charge in [-0.25, -0.2) is 4.98 Å². The van der Waals surface area contributed by atoms with Gasteiger partial charge in [0, 0.05) is 0 Å². The summed E-state index contributed by atoms with van der Waals surface area (Å²) >= 11 is 3.30. The van der Waals surface area contributed by atoms with E-state index in [1.165, 1.54) is 5.56 Å². The van der Waals surface area contributed by atoms with Gasteiger partial charge < -0.3 is 9.47 Å². The first-order valence-corrected chi connectivity index (χ1v) is 7.04. The highest BCUT2D eigenvalue weighted by Gasteiger charge is 2.13. The lowest BCUT2D eigenvalue weighted by atomic mass is 9.87. The fourth-order valence-electron chi connectivity index (χ4n) is 1.66. The van der Waals surface area contributed by atoms with E-state index in [-0.39, 0.29) is 11.4 Å². The van der Waals surface area contributed by atoms with Gasteiger partial charge in [-0.2, -0.15) is 4.98 Å². The Bertz CT molecular complexity index is 592. The Kier molecular flexibility index (Phi) is 4.28. The number of nitrogens with zero attached hydrogens (tertiary/aromatic N) is 2. The molecule has 1 heterocycles. The fourth-order valence-corrected chi connectivity index (χ4v) is 2.01. The quantitative estimate of drug-likeness (QED) is 0.836. The van der Waals surface area contributed by atoms with E-state index in [4.69, 9.17) is 9.47 Å². The Balaban J connectivity index is 2.18. The van der Waals surface area contributed by atoms with Crippen LogP contribution in [0.1, 0.15) is 26.3 Å². The molecule has 0 aliphatic rings. The first kappa shape index (κ1) is 14.8. The number of hydrogen-bond donors (Lipinski definition) is 0. The van der Waals surface area contributed by atoms with Crippen LogP contribution in [0.4, 0.5) is 0 Å². The number of rotatable bonds is 3. The van der Waals surface area contributed by atoms with Crippen LogP contribution < -0.4 is 9.47 Å². The summed E-state index contributed by atoms with van der Waals surface area (Å²) in [6, 6.07) is 8.18. The minimum atomic E-state index is 0.121. The van der Waals surface area contributed by atoms with Crippen LogP contribution in [0, 0.1) is 0 Å². The summed E-state index contributed by atoms with van der Waals surface area (Å²) in [6.45, 7) is 6.52. The molecule has 0 spiro atoms. The second kappa shape index (κ2) is 5.79. The molecule has 0 saturated heterocycles. The second-order valence-electron chi connectivity index (χ2n) is 5.39. The van der Waals surface area contributed by atoms with Crippen molar-refractivity contribution >= 4 is 15.9 Å². The number of ether oxygens (including phenoxy) is 2.